The smallest absolute Gasteiger partial charge is 0.373 e. The quantitative estimate of drug-likeness (QED) is 0.738. The second-order valence-corrected chi connectivity index (χ2v) is 7.21. The van der Waals surface area contributed by atoms with Crippen molar-refractivity contribution in [1.82, 2.24) is 4.57 Å². The van der Waals surface area contributed by atoms with E-state index in [9.17, 15) is 23.5 Å². The van der Waals surface area contributed by atoms with Gasteiger partial charge in [-0.1, -0.05) is 30.7 Å². The number of aliphatic hydroxyl groups excluding tert-OH is 1. The van der Waals surface area contributed by atoms with Crippen LogP contribution in [0.4, 0.5) is 13.2 Å². The number of benzene rings is 1. The molecule has 1 fully saturated rings. The van der Waals surface area contributed by atoms with Gasteiger partial charge >= 0.3 is 6.18 Å². The van der Waals surface area contributed by atoms with Gasteiger partial charge in [0, 0.05) is 10.4 Å². The standard InChI is InChI=1S/C19H18ClF3N2O/c1-3-18(8-9-18)17(26)25-15(12-4-6-13(20)7-5-12)14(10-24)11(2)16(25)19(21,22)23/h4-7,17,26H,3,8-9H2,1-2H3. The van der Waals surface area contributed by atoms with Crippen LogP contribution in [0.15, 0.2) is 24.3 Å². The molecule has 0 aliphatic heterocycles. The monoisotopic (exact) mass is 382 g/mol. The van der Waals surface area contributed by atoms with Crippen molar-refractivity contribution in [3.63, 3.8) is 0 Å². The summed E-state index contributed by atoms with van der Waals surface area (Å²) in [7, 11) is 0. The molecule has 26 heavy (non-hydrogen) atoms. The topological polar surface area (TPSA) is 49.0 Å². The average Bonchev–Trinajstić information content (AvgIpc) is 3.32. The van der Waals surface area contributed by atoms with Crippen molar-refractivity contribution in [2.75, 3.05) is 0 Å². The lowest BCUT2D eigenvalue weighted by Crippen LogP contribution is -2.26. The fraction of sp³-hybridized carbons (Fsp3) is 0.421. The number of hydrogen-bond acceptors (Lipinski definition) is 2. The number of hydrogen-bond donors (Lipinski definition) is 1. The normalized spacial score (nSPS) is 17.0. The van der Waals surface area contributed by atoms with Crippen LogP contribution in [0.25, 0.3) is 11.3 Å². The van der Waals surface area contributed by atoms with Crippen molar-refractivity contribution in [3.8, 4) is 17.3 Å². The Morgan fingerprint density at radius 1 is 1.31 bits per heavy atom. The first kappa shape index (κ1) is 18.8. The van der Waals surface area contributed by atoms with Gasteiger partial charge in [-0.25, -0.2) is 0 Å². The van der Waals surface area contributed by atoms with E-state index >= 15 is 0 Å². The average molecular weight is 383 g/mol. The molecule has 7 heteroatoms. The Balaban J connectivity index is 2.35. The van der Waals surface area contributed by atoms with E-state index in [4.69, 9.17) is 11.6 Å². The van der Waals surface area contributed by atoms with Crippen molar-refractivity contribution in [2.24, 2.45) is 5.41 Å². The lowest BCUT2D eigenvalue weighted by Gasteiger charge is -2.27. The number of rotatable bonds is 4. The molecule has 1 saturated carbocycles. The van der Waals surface area contributed by atoms with Gasteiger partial charge in [-0.3, -0.25) is 0 Å². The van der Waals surface area contributed by atoms with Gasteiger partial charge in [0.2, 0.25) is 0 Å². The van der Waals surface area contributed by atoms with Crippen LogP contribution in [-0.4, -0.2) is 9.67 Å². The molecular weight excluding hydrogens is 365 g/mol. The molecule has 1 atom stereocenters. The van der Waals surface area contributed by atoms with Gasteiger partial charge in [0.25, 0.3) is 0 Å². The van der Waals surface area contributed by atoms with E-state index in [1.54, 1.807) is 24.3 Å². The highest BCUT2D eigenvalue weighted by molar-refractivity contribution is 6.30. The molecule has 2 aromatic rings. The van der Waals surface area contributed by atoms with E-state index < -0.39 is 23.5 Å². The molecule has 0 amide bonds. The van der Waals surface area contributed by atoms with Gasteiger partial charge in [-0.15, -0.1) is 0 Å². The Kier molecular flexibility index (Phi) is 4.58. The van der Waals surface area contributed by atoms with Gasteiger partial charge in [0.05, 0.1) is 11.3 Å². The number of nitriles is 1. The first-order chi connectivity index (χ1) is 12.2. The van der Waals surface area contributed by atoms with Gasteiger partial charge in [-0.05, 0) is 49.4 Å². The highest BCUT2D eigenvalue weighted by Gasteiger charge is 2.52. The molecule has 1 unspecified atom stereocenters. The maximum absolute atomic E-state index is 13.8. The third-order valence-corrected chi connectivity index (χ3v) is 5.59. The summed E-state index contributed by atoms with van der Waals surface area (Å²) >= 11 is 5.89. The zero-order valence-corrected chi connectivity index (χ0v) is 15.1. The van der Waals surface area contributed by atoms with Crippen molar-refractivity contribution >= 4 is 11.6 Å². The predicted molar refractivity (Wildman–Crippen MR) is 92.5 cm³/mol. The largest absolute Gasteiger partial charge is 0.431 e. The molecular formula is C19H18ClF3N2O. The first-order valence-electron chi connectivity index (χ1n) is 8.32. The number of alkyl halides is 3. The first-order valence-corrected chi connectivity index (χ1v) is 8.70. The maximum atomic E-state index is 13.8. The van der Waals surface area contributed by atoms with Crippen LogP contribution < -0.4 is 0 Å². The van der Waals surface area contributed by atoms with Crippen LogP contribution in [0.1, 0.15) is 49.2 Å². The van der Waals surface area contributed by atoms with Crippen molar-refractivity contribution < 1.29 is 18.3 Å². The SMILES string of the molecule is CCC1(C(O)n2c(-c3ccc(Cl)cc3)c(C#N)c(C)c2C(F)(F)F)CC1. The molecule has 1 aliphatic carbocycles. The summed E-state index contributed by atoms with van der Waals surface area (Å²) in [6.07, 6.45) is -4.17. The highest BCUT2D eigenvalue weighted by Crippen LogP contribution is 2.58. The zero-order valence-electron chi connectivity index (χ0n) is 14.4. The Hall–Kier alpha value is -1.97. The summed E-state index contributed by atoms with van der Waals surface area (Å²) in [5.74, 6) is 0. The van der Waals surface area contributed by atoms with Crippen LogP contribution in [0, 0.1) is 23.7 Å². The summed E-state index contributed by atoms with van der Waals surface area (Å²) in [5.41, 5.74) is -1.30. The van der Waals surface area contributed by atoms with Crippen LogP contribution in [0.3, 0.4) is 0 Å². The molecule has 1 aromatic heterocycles. The van der Waals surface area contributed by atoms with Gasteiger partial charge in [-0.2, -0.15) is 18.4 Å². The van der Waals surface area contributed by atoms with Gasteiger partial charge in [0.15, 0.2) is 0 Å². The summed E-state index contributed by atoms with van der Waals surface area (Å²) in [5, 5.41) is 20.9. The Bertz CT molecular complexity index is 874. The number of aromatic nitrogens is 1. The molecule has 0 saturated heterocycles. The zero-order chi connectivity index (χ0) is 19.3. The molecule has 1 aromatic carbocycles. The van der Waals surface area contributed by atoms with Crippen molar-refractivity contribution in [3.05, 3.63) is 46.1 Å². The number of aliphatic hydroxyl groups is 1. The van der Waals surface area contributed by atoms with E-state index in [1.165, 1.54) is 6.92 Å². The van der Waals surface area contributed by atoms with Gasteiger partial charge in [0.1, 0.15) is 18.0 Å². The van der Waals surface area contributed by atoms with E-state index in [1.807, 2.05) is 13.0 Å². The molecule has 0 radical (unpaired) electrons. The molecule has 3 nitrogen and oxygen atoms in total. The fourth-order valence-electron chi connectivity index (χ4n) is 3.56. The minimum atomic E-state index is -4.69. The Morgan fingerprint density at radius 2 is 1.88 bits per heavy atom. The molecule has 1 aliphatic rings. The summed E-state index contributed by atoms with van der Waals surface area (Å²) in [6.45, 7) is 3.13. The van der Waals surface area contributed by atoms with E-state index in [0.29, 0.717) is 29.8 Å². The molecule has 0 bridgehead atoms. The van der Waals surface area contributed by atoms with Crippen molar-refractivity contribution in [2.45, 2.75) is 45.5 Å². The maximum Gasteiger partial charge on any atom is 0.431 e. The second-order valence-electron chi connectivity index (χ2n) is 6.77. The lowest BCUT2D eigenvalue weighted by atomic mass is 10.0. The van der Waals surface area contributed by atoms with Crippen LogP contribution in [0.5, 0.6) is 0 Å². The predicted octanol–water partition coefficient (Wildman–Crippen LogP) is 5.69. The second kappa shape index (κ2) is 6.33. The minimum Gasteiger partial charge on any atom is -0.373 e. The number of halogens is 4. The summed E-state index contributed by atoms with van der Waals surface area (Å²) in [4.78, 5) is 0. The van der Waals surface area contributed by atoms with E-state index in [2.05, 4.69) is 0 Å². The Morgan fingerprint density at radius 3 is 2.31 bits per heavy atom. The van der Waals surface area contributed by atoms with Crippen LogP contribution in [-0.2, 0) is 6.18 Å². The van der Waals surface area contributed by atoms with Crippen molar-refractivity contribution in [1.29, 1.82) is 5.26 Å². The molecule has 0 spiro atoms. The fourth-order valence-corrected chi connectivity index (χ4v) is 3.69. The third kappa shape index (κ3) is 2.89. The third-order valence-electron chi connectivity index (χ3n) is 5.34. The summed E-state index contributed by atoms with van der Waals surface area (Å²) in [6, 6.07) is 8.12. The Labute approximate surface area is 154 Å². The molecule has 1 heterocycles. The molecule has 1 N–H and O–H groups in total. The molecule has 138 valence electrons. The van der Waals surface area contributed by atoms with Crippen LogP contribution >= 0.6 is 11.6 Å². The molecule has 3 rings (SSSR count). The van der Waals surface area contributed by atoms with E-state index in [-0.39, 0.29) is 16.8 Å². The van der Waals surface area contributed by atoms with E-state index in [0.717, 1.165) is 4.57 Å². The number of nitrogens with zero attached hydrogens (tertiary/aromatic N) is 2. The lowest BCUT2D eigenvalue weighted by molar-refractivity contribution is -0.149. The minimum absolute atomic E-state index is 0.0781. The van der Waals surface area contributed by atoms with Crippen LogP contribution in [0.2, 0.25) is 5.02 Å². The van der Waals surface area contributed by atoms with Gasteiger partial charge < -0.3 is 9.67 Å². The highest BCUT2D eigenvalue weighted by atomic mass is 35.5. The summed E-state index contributed by atoms with van der Waals surface area (Å²) < 4.78 is 42.4.